The highest BCUT2D eigenvalue weighted by Crippen LogP contribution is 2.20. The third-order valence-electron chi connectivity index (χ3n) is 2.57. The molecule has 1 rings (SSSR count). The summed E-state index contributed by atoms with van der Waals surface area (Å²) < 4.78 is 0. The van der Waals surface area contributed by atoms with Gasteiger partial charge >= 0.3 is 12.0 Å². The van der Waals surface area contributed by atoms with E-state index >= 15 is 0 Å². The molecule has 1 fully saturated rings. The molecule has 0 unspecified atom stereocenters. The van der Waals surface area contributed by atoms with Crippen LogP contribution >= 0.6 is 11.8 Å². The van der Waals surface area contributed by atoms with Crippen molar-refractivity contribution in [1.29, 1.82) is 0 Å². The van der Waals surface area contributed by atoms with Gasteiger partial charge in [-0.2, -0.15) is 0 Å². The lowest BCUT2D eigenvalue weighted by molar-refractivity contribution is -0.140. The van der Waals surface area contributed by atoms with Crippen molar-refractivity contribution in [2.45, 2.75) is 38.8 Å². The molecule has 0 aromatic rings. The summed E-state index contributed by atoms with van der Waals surface area (Å²) in [4.78, 5) is 35.6. The summed E-state index contributed by atoms with van der Waals surface area (Å²) in [5, 5.41) is 14.3. The summed E-state index contributed by atoms with van der Waals surface area (Å²) in [7, 11) is 0. The second-order valence-corrected chi connectivity index (χ2v) is 6.60. The summed E-state index contributed by atoms with van der Waals surface area (Å²) in [6.07, 6.45) is 0.168. The molecule has 1 saturated heterocycles. The number of carboxylic acids is 1. The topological polar surface area (TPSA) is 98.7 Å². The van der Waals surface area contributed by atoms with Gasteiger partial charge < -0.3 is 20.6 Å². The van der Waals surface area contributed by atoms with Crippen LogP contribution in [0.5, 0.6) is 0 Å². The van der Waals surface area contributed by atoms with Gasteiger partial charge in [-0.05, 0) is 20.8 Å². The lowest BCUT2D eigenvalue weighted by atomic mass is 10.1. The largest absolute Gasteiger partial charge is 0.480 e. The number of nitrogens with zero attached hydrogens (tertiary/aromatic N) is 1. The van der Waals surface area contributed by atoms with Crippen LogP contribution in [-0.2, 0) is 9.59 Å². The quantitative estimate of drug-likeness (QED) is 0.701. The molecule has 1 heterocycles. The number of carbonyl (C=O) groups excluding carboxylic acids is 2. The number of carbonyl (C=O) groups is 3. The van der Waals surface area contributed by atoms with Crippen molar-refractivity contribution in [3.05, 3.63) is 0 Å². The molecule has 8 heteroatoms. The Hall–Kier alpha value is -1.44. The molecule has 0 radical (unpaired) electrons. The Labute approximate surface area is 122 Å². The summed E-state index contributed by atoms with van der Waals surface area (Å²) in [6, 6.07) is -1.23. The normalized spacial score (nSPS) is 18.8. The molecule has 0 aromatic heterocycles. The lowest BCUT2D eigenvalue weighted by Crippen LogP contribution is -2.48. The van der Waals surface area contributed by atoms with E-state index in [0.717, 1.165) is 0 Å². The van der Waals surface area contributed by atoms with Crippen molar-refractivity contribution in [2.24, 2.45) is 0 Å². The van der Waals surface area contributed by atoms with Crippen LogP contribution < -0.4 is 10.6 Å². The summed E-state index contributed by atoms with van der Waals surface area (Å²) in [6.45, 7) is 5.82. The van der Waals surface area contributed by atoms with Gasteiger partial charge in [0.25, 0.3) is 0 Å². The van der Waals surface area contributed by atoms with Gasteiger partial charge in [-0.1, -0.05) is 0 Å². The summed E-state index contributed by atoms with van der Waals surface area (Å²) >= 11 is 1.40. The van der Waals surface area contributed by atoms with Crippen molar-refractivity contribution in [1.82, 2.24) is 15.5 Å². The third-order valence-corrected chi connectivity index (χ3v) is 3.58. The highest BCUT2D eigenvalue weighted by atomic mass is 32.2. The zero-order valence-corrected chi connectivity index (χ0v) is 12.7. The molecule has 3 amide bonds. The fourth-order valence-corrected chi connectivity index (χ4v) is 2.86. The first kappa shape index (κ1) is 16.6. The Balaban J connectivity index is 2.33. The van der Waals surface area contributed by atoms with E-state index in [2.05, 4.69) is 10.6 Å². The van der Waals surface area contributed by atoms with Gasteiger partial charge in [0.2, 0.25) is 5.91 Å². The second-order valence-electron chi connectivity index (χ2n) is 5.60. The first-order valence-corrected chi connectivity index (χ1v) is 7.52. The van der Waals surface area contributed by atoms with E-state index in [0.29, 0.717) is 11.6 Å². The molecular weight excluding hydrogens is 282 g/mol. The van der Waals surface area contributed by atoms with Gasteiger partial charge in [0.15, 0.2) is 0 Å². The van der Waals surface area contributed by atoms with E-state index in [-0.39, 0.29) is 24.4 Å². The molecular formula is C12H21N3O4S. The zero-order valence-electron chi connectivity index (χ0n) is 11.9. The Morgan fingerprint density at radius 1 is 1.35 bits per heavy atom. The first-order chi connectivity index (χ1) is 9.20. The molecule has 114 valence electrons. The maximum Gasteiger partial charge on any atom is 0.327 e. The van der Waals surface area contributed by atoms with Crippen LogP contribution in [0.1, 0.15) is 27.2 Å². The second kappa shape index (κ2) is 6.83. The van der Waals surface area contributed by atoms with E-state index in [1.807, 2.05) is 20.8 Å². The number of aliphatic carboxylic acids is 1. The number of hydrogen-bond donors (Lipinski definition) is 3. The first-order valence-electron chi connectivity index (χ1n) is 6.37. The van der Waals surface area contributed by atoms with Crippen LogP contribution in [-0.4, -0.2) is 57.7 Å². The number of nitrogens with one attached hydrogen (secondary N) is 2. The van der Waals surface area contributed by atoms with Crippen molar-refractivity contribution >= 4 is 29.7 Å². The predicted octanol–water partition coefficient (Wildman–Crippen LogP) is 0.460. The molecule has 0 bridgehead atoms. The molecule has 0 spiro atoms. The fourth-order valence-electron chi connectivity index (χ4n) is 1.71. The monoisotopic (exact) mass is 303 g/mol. The Bertz CT molecular complexity index is 395. The van der Waals surface area contributed by atoms with E-state index < -0.39 is 18.0 Å². The number of hydrogen-bond acceptors (Lipinski definition) is 4. The molecule has 0 saturated carbocycles. The van der Waals surface area contributed by atoms with Gasteiger partial charge in [-0.3, -0.25) is 4.79 Å². The highest BCUT2D eigenvalue weighted by molar-refractivity contribution is 7.99. The number of carboxylic acid groups (broad SMARTS) is 1. The standard InChI is InChI=1S/C12H21N3O4S/c1-12(2,3)14-9(16)4-5-13-11(19)15-7-20-6-8(15)10(17)18/h8H,4-7H2,1-3H3,(H,13,19)(H,14,16)(H,17,18)/t8-/m0/s1. The third kappa shape index (κ3) is 5.28. The average Bonchev–Trinajstić information content (AvgIpc) is 2.74. The van der Waals surface area contributed by atoms with Crippen LogP contribution in [0.2, 0.25) is 0 Å². The van der Waals surface area contributed by atoms with Crippen molar-refractivity contribution < 1.29 is 19.5 Å². The van der Waals surface area contributed by atoms with E-state index in [1.165, 1.54) is 16.7 Å². The number of amides is 3. The van der Waals surface area contributed by atoms with Gasteiger partial charge in [0.1, 0.15) is 6.04 Å². The number of rotatable bonds is 4. The van der Waals surface area contributed by atoms with Crippen molar-refractivity contribution in [3.8, 4) is 0 Å². The maximum absolute atomic E-state index is 11.8. The number of urea groups is 1. The molecule has 20 heavy (non-hydrogen) atoms. The van der Waals surface area contributed by atoms with E-state index in [1.54, 1.807) is 0 Å². The molecule has 1 aliphatic heterocycles. The van der Waals surface area contributed by atoms with Crippen molar-refractivity contribution in [2.75, 3.05) is 18.2 Å². The molecule has 3 N–H and O–H groups in total. The van der Waals surface area contributed by atoms with Gasteiger partial charge in [-0.25, -0.2) is 9.59 Å². The Kier molecular flexibility index (Phi) is 5.67. The SMILES string of the molecule is CC(C)(C)NC(=O)CCNC(=O)N1CSC[C@H]1C(=O)O. The highest BCUT2D eigenvalue weighted by Gasteiger charge is 2.34. The molecule has 1 atom stereocenters. The van der Waals surface area contributed by atoms with E-state index in [4.69, 9.17) is 5.11 Å². The predicted molar refractivity (Wildman–Crippen MR) is 76.5 cm³/mol. The number of thioether (sulfide) groups is 1. The molecule has 1 aliphatic rings. The smallest absolute Gasteiger partial charge is 0.327 e. The van der Waals surface area contributed by atoms with Crippen LogP contribution in [0.3, 0.4) is 0 Å². The Morgan fingerprint density at radius 2 is 2.00 bits per heavy atom. The van der Waals surface area contributed by atoms with Crippen molar-refractivity contribution in [3.63, 3.8) is 0 Å². The lowest BCUT2D eigenvalue weighted by Gasteiger charge is -2.22. The molecule has 7 nitrogen and oxygen atoms in total. The van der Waals surface area contributed by atoms with Crippen LogP contribution in [0.15, 0.2) is 0 Å². The summed E-state index contributed by atoms with van der Waals surface area (Å²) in [5.74, 6) is -0.399. The minimum Gasteiger partial charge on any atom is -0.480 e. The maximum atomic E-state index is 11.8. The van der Waals surface area contributed by atoms with Crippen LogP contribution in [0, 0.1) is 0 Å². The Morgan fingerprint density at radius 3 is 2.55 bits per heavy atom. The van der Waals surface area contributed by atoms with Crippen LogP contribution in [0.4, 0.5) is 4.79 Å². The average molecular weight is 303 g/mol. The van der Waals surface area contributed by atoms with Gasteiger partial charge in [-0.15, -0.1) is 11.8 Å². The fraction of sp³-hybridized carbons (Fsp3) is 0.750. The minimum atomic E-state index is -1.00. The summed E-state index contributed by atoms with van der Waals surface area (Å²) in [5.41, 5.74) is -0.304. The van der Waals surface area contributed by atoms with Crippen LogP contribution in [0.25, 0.3) is 0 Å². The minimum absolute atomic E-state index is 0.150. The van der Waals surface area contributed by atoms with Gasteiger partial charge in [0.05, 0.1) is 5.88 Å². The zero-order chi connectivity index (χ0) is 15.3. The van der Waals surface area contributed by atoms with E-state index in [9.17, 15) is 14.4 Å². The molecule has 0 aliphatic carbocycles. The van der Waals surface area contributed by atoms with Gasteiger partial charge in [0, 0.05) is 24.3 Å². The molecule has 0 aromatic carbocycles.